The SMILES string of the molecule is Cc1cccc(C(C)C)c1Nc1nc(Cl)nc2ccccc12. The van der Waals surface area contributed by atoms with Crippen LogP contribution in [0.3, 0.4) is 0 Å². The van der Waals surface area contributed by atoms with Crippen molar-refractivity contribution in [2.24, 2.45) is 0 Å². The van der Waals surface area contributed by atoms with Crippen LogP contribution in [0.1, 0.15) is 30.9 Å². The number of hydrogen-bond acceptors (Lipinski definition) is 3. The molecule has 0 fully saturated rings. The number of nitrogens with one attached hydrogen (secondary N) is 1. The van der Waals surface area contributed by atoms with Crippen molar-refractivity contribution < 1.29 is 0 Å². The van der Waals surface area contributed by atoms with E-state index in [1.807, 2.05) is 24.3 Å². The number of para-hydroxylation sites is 2. The molecule has 3 nitrogen and oxygen atoms in total. The molecule has 1 heterocycles. The van der Waals surface area contributed by atoms with E-state index in [1.165, 1.54) is 11.1 Å². The van der Waals surface area contributed by atoms with Crippen molar-refractivity contribution in [2.75, 3.05) is 5.32 Å². The fraction of sp³-hybridized carbons (Fsp3) is 0.222. The fourth-order valence-electron chi connectivity index (χ4n) is 2.60. The van der Waals surface area contributed by atoms with Crippen LogP contribution in [0.15, 0.2) is 42.5 Å². The normalized spacial score (nSPS) is 11.1. The van der Waals surface area contributed by atoms with E-state index in [2.05, 4.69) is 54.3 Å². The molecule has 2 aromatic carbocycles. The topological polar surface area (TPSA) is 37.8 Å². The molecule has 3 rings (SSSR count). The number of aryl methyl sites for hydroxylation is 1. The molecular weight excluding hydrogens is 294 g/mol. The second-order valence-corrected chi connectivity index (χ2v) is 6.02. The zero-order valence-corrected chi connectivity index (χ0v) is 13.6. The third-order valence-electron chi connectivity index (χ3n) is 3.75. The van der Waals surface area contributed by atoms with Gasteiger partial charge in [-0.15, -0.1) is 0 Å². The monoisotopic (exact) mass is 311 g/mol. The van der Waals surface area contributed by atoms with E-state index in [-0.39, 0.29) is 5.28 Å². The molecule has 0 radical (unpaired) electrons. The molecule has 0 amide bonds. The lowest BCUT2D eigenvalue weighted by Crippen LogP contribution is -2.03. The summed E-state index contributed by atoms with van der Waals surface area (Å²) < 4.78 is 0. The van der Waals surface area contributed by atoms with Gasteiger partial charge in [-0.25, -0.2) is 4.98 Å². The second-order valence-electron chi connectivity index (χ2n) is 5.68. The number of anilines is 2. The van der Waals surface area contributed by atoms with Crippen LogP contribution in [0.2, 0.25) is 5.28 Å². The van der Waals surface area contributed by atoms with Crippen molar-refractivity contribution in [1.29, 1.82) is 0 Å². The Labute approximate surface area is 135 Å². The van der Waals surface area contributed by atoms with Crippen LogP contribution in [-0.4, -0.2) is 9.97 Å². The Kier molecular flexibility index (Phi) is 3.99. The van der Waals surface area contributed by atoms with E-state index in [0.717, 1.165) is 22.4 Å². The number of hydrogen-bond donors (Lipinski definition) is 1. The molecule has 1 aromatic heterocycles. The second kappa shape index (κ2) is 5.93. The van der Waals surface area contributed by atoms with E-state index in [9.17, 15) is 0 Å². The van der Waals surface area contributed by atoms with Crippen molar-refractivity contribution in [2.45, 2.75) is 26.7 Å². The van der Waals surface area contributed by atoms with Crippen LogP contribution < -0.4 is 5.32 Å². The highest BCUT2D eigenvalue weighted by Gasteiger charge is 2.12. The van der Waals surface area contributed by atoms with Crippen molar-refractivity contribution in [3.8, 4) is 0 Å². The van der Waals surface area contributed by atoms with Crippen LogP contribution in [0.5, 0.6) is 0 Å². The van der Waals surface area contributed by atoms with Crippen LogP contribution in [0, 0.1) is 6.92 Å². The molecule has 0 spiro atoms. The van der Waals surface area contributed by atoms with Gasteiger partial charge < -0.3 is 5.32 Å². The Morgan fingerprint density at radius 1 is 1.00 bits per heavy atom. The van der Waals surface area contributed by atoms with Gasteiger partial charge >= 0.3 is 0 Å². The number of aromatic nitrogens is 2. The molecule has 3 aromatic rings. The predicted octanol–water partition coefficient (Wildman–Crippen LogP) is 5.46. The summed E-state index contributed by atoms with van der Waals surface area (Å²) in [5, 5.41) is 4.68. The minimum absolute atomic E-state index is 0.251. The Morgan fingerprint density at radius 2 is 1.77 bits per heavy atom. The molecule has 0 bridgehead atoms. The maximum atomic E-state index is 6.07. The largest absolute Gasteiger partial charge is 0.339 e. The van der Waals surface area contributed by atoms with Gasteiger partial charge in [0.2, 0.25) is 5.28 Å². The van der Waals surface area contributed by atoms with Crippen LogP contribution in [-0.2, 0) is 0 Å². The Hall–Kier alpha value is -2.13. The van der Waals surface area contributed by atoms with Gasteiger partial charge in [-0.3, -0.25) is 0 Å². The van der Waals surface area contributed by atoms with Crippen molar-refractivity contribution in [3.05, 3.63) is 58.9 Å². The quantitative estimate of drug-likeness (QED) is 0.653. The van der Waals surface area contributed by atoms with Crippen LogP contribution in [0.25, 0.3) is 10.9 Å². The molecule has 0 saturated carbocycles. The maximum Gasteiger partial charge on any atom is 0.224 e. The molecule has 0 aliphatic carbocycles. The van der Waals surface area contributed by atoms with E-state index < -0.39 is 0 Å². The van der Waals surface area contributed by atoms with Gasteiger partial charge in [-0.1, -0.05) is 44.2 Å². The number of nitrogens with zero attached hydrogens (tertiary/aromatic N) is 2. The zero-order valence-electron chi connectivity index (χ0n) is 12.9. The molecule has 4 heteroatoms. The summed E-state index contributed by atoms with van der Waals surface area (Å²) in [6, 6.07) is 14.2. The van der Waals surface area contributed by atoms with E-state index in [4.69, 9.17) is 11.6 Å². The predicted molar refractivity (Wildman–Crippen MR) is 93.1 cm³/mol. The lowest BCUT2D eigenvalue weighted by molar-refractivity contribution is 0.867. The van der Waals surface area contributed by atoms with Crippen LogP contribution in [0.4, 0.5) is 11.5 Å². The zero-order chi connectivity index (χ0) is 15.7. The van der Waals surface area contributed by atoms with Gasteiger partial charge in [0.25, 0.3) is 0 Å². The van der Waals surface area contributed by atoms with Crippen molar-refractivity contribution >= 4 is 34.0 Å². The molecule has 0 saturated heterocycles. The highest BCUT2D eigenvalue weighted by molar-refractivity contribution is 6.28. The average molecular weight is 312 g/mol. The Morgan fingerprint density at radius 3 is 2.55 bits per heavy atom. The standard InChI is InChI=1S/C18H18ClN3/c1-11(2)13-9-6-7-12(3)16(13)21-17-14-8-4-5-10-15(14)20-18(19)22-17/h4-11H,1-3H3,(H,20,21,22). The van der Waals surface area contributed by atoms with Gasteiger partial charge in [0, 0.05) is 11.1 Å². The summed E-state index contributed by atoms with van der Waals surface area (Å²) in [6.07, 6.45) is 0. The smallest absolute Gasteiger partial charge is 0.224 e. The first-order valence-corrected chi connectivity index (χ1v) is 7.73. The summed E-state index contributed by atoms with van der Waals surface area (Å²) in [7, 11) is 0. The number of fused-ring (bicyclic) bond motifs is 1. The molecule has 0 unspecified atom stereocenters. The fourth-order valence-corrected chi connectivity index (χ4v) is 2.78. The number of halogens is 1. The summed E-state index contributed by atoms with van der Waals surface area (Å²) in [4.78, 5) is 8.65. The van der Waals surface area contributed by atoms with Gasteiger partial charge in [0.15, 0.2) is 0 Å². The number of benzene rings is 2. The molecule has 0 aliphatic heterocycles. The van der Waals surface area contributed by atoms with E-state index >= 15 is 0 Å². The van der Waals surface area contributed by atoms with Gasteiger partial charge in [0.1, 0.15) is 5.82 Å². The summed E-state index contributed by atoms with van der Waals surface area (Å²) in [5.74, 6) is 1.16. The molecule has 112 valence electrons. The lowest BCUT2D eigenvalue weighted by atomic mass is 9.98. The van der Waals surface area contributed by atoms with Crippen molar-refractivity contribution in [1.82, 2.24) is 9.97 Å². The number of rotatable bonds is 3. The first kappa shape index (κ1) is 14.8. The summed E-state index contributed by atoms with van der Waals surface area (Å²) in [5.41, 5.74) is 4.38. The third kappa shape index (κ3) is 2.77. The highest BCUT2D eigenvalue weighted by Crippen LogP contribution is 2.32. The minimum Gasteiger partial charge on any atom is -0.339 e. The van der Waals surface area contributed by atoms with Gasteiger partial charge in [0.05, 0.1) is 5.52 Å². The average Bonchev–Trinajstić information content (AvgIpc) is 2.48. The Bertz CT molecular complexity index is 828. The highest BCUT2D eigenvalue weighted by atomic mass is 35.5. The maximum absolute atomic E-state index is 6.07. The molecule has 1 N–H and O–H groups in total. The summed E-state index contributed by atoms with van der Waals surface area (Å²) in [6.45, 7) is 6.47. The minimum atomic E-state index is 0.251. The Balaban J connectivity index is 2.15. The molecule has 0 atom stereocenters. The molecular formula is C18H18ClN3. The summed E-state index contributed by atoms with van der Waals surface area (Å²) >= 11 is 6.07. The third-order valence-corrected chi connectivity index (χ3v) is 3.92. The van der Waals surface area contributed by atoms with E-state index in [0.29, 0.717) is 5.92 Å². The van der Waals surface area contributed by atoms with Gasteiger partial charge in [-0.05, 0) is 47.7 Å². The van der Waals surface area contributed by atoms with Gasteiger partial charge in [-0.2, -0.15) is 4.98 Å². The molecule has 22 heavy (non-hydrogen) atoms. The first-order chi connectivity index (χ1) is 10.6. The van der Waals surface area contributed by atoms with Crippen LogP contribution >= 0.6 is 11.6 Å². The molecule has 0 aliphatic rings. The lowest BCUT2D eigenvalue weighted by Gasteiger charge is -2.17. The van der Waals surface area contributed by atoms with E-state index in [1.54, 1.807) is 0 Å². The van der Waals surface area contributed by atoms with Crippen molar-refractivity contribution in [3.63, 3.8) is 0 Å². The first-order valence-electron chi connectivity index (χ1n) is 7.35.